The number of carbonyl (C=O) groups is 1. The number of amides is 2. The number of imidazole rings is 1. The van der Waals surface area contributed by atoms with E-state index in [0.717, 1.165) is 42.1 Å². The molecule has 128 valence electrons. The maximum atomic E-state index is 12.5. The third-order valence-corrected chi connectivity index (χ3v) is 4.53. The summed E-state index contributed by atoms with van der Waals surface area (Å²) in [4.78, 5) is 21.8. The Hall–Kier alpha value is -2.50. The molecule has 0 radical (unpaired) electrons. The van der Waals surface area contributed by atoms with Gasteiger partial charge in [-0.15, -0.1) is 0 Å². The second-order valence-corrected chi connectivity index (χ2v) is 6.22. The summed E-state index contributed by atoms with van der Waals surface area (Å²) < 4.78 is 5.33. The molecule has 0 bridgehead atoms. The molecule has 1 aromatic carbocycles. The van der Waals surface area contributed by atoms with Gasteiger partial charge in [0.05, 0.1) is 7.11 Å². The van der Waals surface area contributed by atoms with Crippen LogP contribution < -0.4 is 10.1 Å². The van der Waals surface area contributed by atoms with Gasteiger partial charge < -0.3 is 19.9 Å². The molecule has 24 heavy (non-hydrogen) atoms. The van der Waals surface area contributed by atoms with Crippen molar-refractivity contribution in [3.63, 3.8) is 0 Å². The molecule has 3 rings (SSSR count). The van der Waals surface area contributed by atoms with Gasteiger partial charge in [0, 0.05) is 37.9 Å². The monoisotopic (exact) mass is 328 g/mol. The van der Waals surface area contributed by atoms with Crippen LogP contribution in [0, 0.1) is 6.92 Å². The largest absolute Gasteiger partial charge is 0.496 e. The SMILES string of the molecule is COc1cc(CNC(=O)N2CCCC(c3ncc[nH]3)C2)ccc1C. The van der Waals surface area contributed by atoms with Crippen LogP contribution in [-0.2, 0) is 6.54 Å². The van der Waals surface area contributed by atoms with E-state index in [-0.39, 0.29) is 6.03 Å². The van der Waals surface area contributed by atoms with Crippen LogP contribution in [0.5, 0.6) is 5.75 Å². The molecule has 1 aliphatic rings. The Morgan fingerprint density at radius 3 is 3.12 bits per heavy atom. The van der Waals surface area contributed by atoms with Crippen molar-refractivity contribution in [1.82, 2.24) is 20.2 Å². The Kier molecular flexibility index (Phi) is 5.03. The number of hydrogen-bond acceptors (Lipinski definition) is 3. The number of rotatable bonds is 4. The standard InChI is InChI=1S/C18H24N4O2/c1-13-5-6-14(10-16(13)24-2)11-21-18(23)22-9-3-4-15(12-22)17-19-7-8-20-17/h5-8,10,15H,3-4,9,11-12H2,1-2H3,(H,19,20)(H,21,23). The number of urea groups is 1. The number of methoxy groups -OCH3 is 1. The van der Waals surface area contributed by atoms with Crippen molar-refractivity contribution in [3.05, 3.63) is 47.5 Å². The first kappa shape index (κ1) is 16.4. The van der Waals surface area contributed by atoms with E-state index in [4.69, 9.17) is 4.74 Å². The van der Waals surface area contributed by atoms with Crippen molar-refractivity contribution in [3.8, 4) is 5.75 Å². The molecule has 0 spiro atoms. The molecular weight excluding hydrogens is 304 g/mol. The van der Waals surface area contributed by atoms with Gasteiger partial charge in [-0.3, -0.25) is 0 Å². The maximum Gasteiger partial charge on any atom is 0.317 e. The van der Waals surface area contributed by atoms with Gasteiger partial charge in [-0.2, -0.15) is 0 Å². The van der Waals surface area contributed by atoms with Gasteiger partial charge in [0.15, 0.2) is 0 Å². The number of ether oxygens (including phenoxy) is 1. The van der Waals surface area contributed by atoms with Crippen LogP contribution in [0.25, 0.3) is 0 Å². The van der Waals surface area contributed by atoms with Crippen LogP contribution in [0.1, 0.15) is 35.7 Å². The van der Waals surface area contributed by atoms with E-state index in [9.17, 15) is 4.79 Å². The lowest BCUT2D eigenvalue weighted by Gasteiger charge is -2.31. The highest BCUT2D eigenvalue weighted by Gasteiger charge is 2.25. The van der Waals surface area contributed by atoms with E-state index in [0.29, 0.717) is 19.0 Å². The minimum Gasteiger partial charge on any atom is -0.496 e. The van der Waals surface area contributed by atoms with Gasteiger partial charge in [0.25, 0.3) is 0 Å². The number of carbonyl (C=O) groups excluding carboxylic acids is 1. The predicted molar refractivity (Wildman–Crippen MR) is 92.1 cm³/mol. The Bertz CT molecular complexity index is 684. The van der Waals surface area contributed by atoms with Gasteiger partial charge in [0.2, 0.25) is 0 Å². The summed E-state index contributed by atoms with van der Waals surface area (Å²) in [5, 5.41) is 3.01. The maximum absolute atomic E-state index is 12.5. The lowest BCUT2D eigenvalue weighted by Crippen LogP contribution is -2.44. The number of nitrogens with zero attached hydrogens (tertiary/aromatic N) is 2. The Morgan fingerprint density at radius 1 is 1.50 bits per heavy atom. The number of benzene rings is 1. The first-order chi connectivity index (χ1) is 11.7. The fourth-order valence-electron chi connectivity index (χ4n) is 3.15. The Morgan fingerprint density at radius 2 is 2.38 bits per heavy atom. The molecule has 0 aliphatic carbocycles. The normalized spacial score (nSPS) is 17.6. The number of piperidine rings is 1. The van der Waals surface area contributed by atoms with E-state index >= 15 is 0 Å². The summed E-state index contributed by atoms with van der Waals surface area (Å²) in [5.41, 5.74) is 2.12. The predicted octanol–water partition coefficient (Wildman–Crippen LogP) is 2.82. The van der Waals surface area contributed by atoms with E-state index in [1.165, 1.54) is 0 Å². The molecule has 1 saturated heterocycles. The average Bonchev–Trinajstić information content (AvgIpc) is 3.15. The molecule has 1 unspecified atom stereocenters. The van der Waals surface area contributed by atoms with Gasteiger partial charge >= 0.3 is 6.03 Å². The van der Waals surface area contributed by atoms with Crippen molar-refractivity contribution in [2.75, 3.05) is 20.2 Å². The minimum atomic E-state index is -0.0224. The summed E-state index contributed by atoms with van der Waals surface area (Å²) in [7, 11) is 1.66. The topological polar surface area (TPSA) is 70.2 Å². The summed E-state index contributed by atoms with van der Waals surface area (Å²) in [5.74, 6) is 2.10. The summed E-state index contributed by atoms with van der Waals surface area (Å²) in [6, 6.07) is 5.97. The van der Waals surface area contributed by atoms with Crippen LogP contribution in [0.2, 0.25) is 0 Å². The molecular formula is C18H24N4O2. The fraction of sp³-hybridized carbons (Fsp3) is 0.444. The lowest BCUT2D eigenvalue weighted by molar-refractivity contribution is 0.178. The molecule has 6 nitrogen and oxygen atoms in total. The number of hydrogen-bond donors (Lipinski definition) is 2. The Labute approximate surface area is 142 Å². The molecule has 1 aliphatic heterocycles. The second-order valence-electron chi connectivity index (χ2n) is 6.22. The molecule has 6 heteroatoms. The van der Waals surface area contributed by atoms with Crippen molar-refractivity contribution < 1.29 is 9.53 Å². The molecule has 0 saturated carbocycles. The molecule has 1 atom stereocenters. The highest BCUT2D eigenvalue weighted by atomic mass is 16.5. The van der Waals surface area contributed by atoms with Crippen LogP contribution in [0.4, 0.5) is 4.79 Å². The average molecular weight is 328 g/mol. The van der Waals surface area contributed by atoms with Gasteiger partial charge in [-0.25, -0.2) is 9.78 Å². The summed E-state index contributed by atoms with van der Waals surface area (Å²) >= 11 is 0. The molecule has 1 aromatic heterocycles. The zero-order chi connectivity index (χ0) is 16.9. The van der Waals surface area contributed by atoms with Crippen molar-refractivity contribution in [2.45, 2.75) is 32.2 Å². The zero-order valence-corrected chi connectivity index (χ0v) is 14.2. The van der Waals surface area contributed by atoms with E-state index in [1.54, 1.807) is 13.3 Å². The van der Waals surface area contributed by atoms with Gasteiger partial charge in [0.1, 0.15) is 11.6 Å². The van der Waals surface area contributed by atoms with Gasteiger partial charge in [-0.1, -0.05) is 12.1 Å². The number of likely N-dealkylation sites (tertiary alicyclic amines) is 1. The van der Waals surface area contributed by atoms with Gasteiger partial charge in [-0.05, 0) is 37.0 Å². The summed E-state index contributed by atoms with van der Waals surface area (Å²) in [6.45, 7) is 4.00. The number of H-pyrrole nitrogens is 1. The first-order valence-electron chi connectivity index (χ1n) is 8.33. The van der Waals surface area contributed by atoms with E-state index < -0.39 is 0 Å². The first-order valence-corrected chi connectivity index (χ1v) is 8.33. The molecule has 2 heterocycles. The quantitative estimate of drug-likeness (QED) is 0.906. The highest BCUT2D eigenvalue weighted by molar-refractivity contribution is 5.74. The van der Waals surface area contributed by atoms with Crippen molar-refractivity contribution >= 4 is 6.03 Å². The Balaban J connectivity index is 1.56. The number of aromatic amines is 1. The zero-order valence-electron chi connectivity index (χ0n) is 14.2. The van der Waals surface area contributed by atoms with E-state index in [2.05, 4.69) is 15.3 Å². The van der Waals surface area contributed by atoms with Crippen LogP contribution >= 0.6 is 0 Å². The van der Waals surface area contributed by atoms with E-state index in [1.807, 2.05) is 36.2 Å². The smallest absolute Gasteiger partial charge is 0.317 e. The van der Waals surface area contributed by atoms with Crippen molar-refractivity contribution in [1.29, 1.82) is 0 Å². The number of aryl methyl sites for hydroxylation is 1. The molecule has 2 N–H and O–H groups in total. The molecule has 2 aromatic rings. The number of nitrogens with one attached hydrogen (secondary N) is 2. The minimum absolute atomic E-state index is 0.0224. The van der Waals surface area contributed by atoms with Crippen LogP contribution in [0.3, 0.4) is 0 Å². The van der Waals surface area contributed by atoms with Crippen LogP contribution in [-0.4, -0.2) is 41.1 Å². The van der Waals surface area contributed by atoms with Crippen LogP contribution in [0.15, 0.2) is 30.6 Å². The third kappa shape index (κ3) is 3.69. The summed E-state index contributed by atoms with van der Waals surface area (Å²) in [6.07, 6.45) is 5.65. The third-order valence-electron chi connectivity index (χ3n) is 4.53. The highest BCUT2D eigenvalue weighted by Crippen LogP contribution is 2.24. The second kappa shape index (κ2) is 7.38. The molecule has 1 fully saturated rings. The fourth-order valence-corrected chi connectivity index (χ4v) is 3.15. The molecule has 2 amide bonds. The number of aromatic nitrogens is 2. The lowest BCUT2D eigenvalue weighted by atomic mass is 9.98. The van der Waals surface area contributed by atoms with Crippen molar-refractivity contribution in [2.24, 2.45) is 0 Å².